The highest BCUT2D eigenvalue weighted by Crippen LogP contribution is 2.17. The van der Waals surface area contributed by atoms with Gasteiger partial charge in [-0.15, -0.1) is 0 Å². The summed E-state index contributed by atoms with van der Waals surface area (Å²) in [7, 11) is 1.55. The summed E-state index contributed by atoms with van der Waals surface area (Å²) >= 11 is 0. The number of ether oxygens (including phenoxy) is 2. The summed E-state index contributed by atoms with van der Waals surface area (Å²) in [6.45, 7) is 5.59. The molecule has 25 heavy (non-hydrogen) atoms. The van der Waals surface area contributed by atoms with Crippen molar-refractivity contribution in [3.8, 4) is 11.5 Å². The van der Waals surface area contributed by atoms with E-state index >= 15 is 0 Å². The molecule has 0 radical (unpaired) electrons. The summed E-state index contributed by atoms with van der Waals surface area (Å²) in [6, 6.07) is 12.2. The van der Waals surface area contributed by atoms with Gasteiger partial charge in [-0.2, -0.15) is 0 Å². The average Bonchev–Trinajstić information content (AvgIpc) is 2.62. The van der Waals surface area contributed by atoms with Crippen molar-refractivity contribution in [2.75, 3.05) is 7.11 Å². The van der Waals surface area contributed by atoms with Crippen LogP contribution >= 0.6 is 0 Å². The average molecular weight is 342 g/mol. The molecule has 0 aliphatic heterocycles. The second kappa shape index (κ2) is 8.19. The van der Waals surface area contributed by atoms with E-state index in [-0.39, 0.29) is 0 Å². The zero-order valence-corrected chi connectivity index (χ0v) is 14.8. The fourth-order valence-corrected chi connectivity index (χ4v) is 2.08. The lowest BCUT2D eigenvalue weighted by molar-refractivity contribution is -0.128. The zero-order valence-electron chi connectivity index (χ0n) is 14.8. The van der Waals surface area contributed by atoms with Gasteiger partial charge in [0.1, 0.15) is 11.5 Å². The number of nitrogens with one attached hydrogen (secondary N) is 2. The number of hydrogen-bond acceptors (Lipinski definition) is 4. The van der Waals surface area contributed by atoms with E-state index in [0.29, 0.717) is 17.1 Å². The van der Waals surface area contributed by atoms with Crippen molar-refractivity contribution in [2.24, 2.45) is 0 Å². The molecule has 0 saturated heterocycles. The molecule has 0 aliphatic carbocycles. The van der Waals surface area contributed by atoms with Crippen LogP contribution in [0.2, 0.25) is 0 Å². The summed E-state index contributed by atoms with van der Waals surface area (Å²) in [6.07, 6.45) is -0.752. The number of hydrogen-bond donors (Lipinski definition) is 2. The highest BCUT2D eigenvalue weighted by atomic mass is 16.5. The molecule has 1 atom stereocenters. The topological polar surface area (TPSA) is 76.7 Å². The van der Waals surface area contributed by atoms with Crippen LogP contribution in [-0.4, -0.2) is 25.0 Å². The van der Waals surface area contributed by atoms with Crippen LogP contribution in [0.25, 0.3) is 0 Å². The predicted molar refractivity (Wildman–Crippen MR) is 94.6 cm³/mol. The molecule has 0 spiro atoms. The van der Waals surface area contributed by atoms with Gasteiger partial charge in [0.15, 0.2) is 6.10 Å². The molecule has 6 heteroatoms. The normalized spacial score (nSPS) is 11.4. The summed E-state index contributed by atoms with van der Waals surface area (Å²) in [5.41, 5.74) is 7.36. The number of carbonyl (C=O) groups excluding carboxylic acids is 2. The summed E-state index contributed by atoms with van der Waals surface area (Å²) in [5.74, 6) is 0.387. The molecule has 0 saturated carbocycles. The molecule has 0 bridgehead atoms. The molecule has 2 aromatic carbocycles. The van der Waals surface area contributed by atoms with E-state index in [9.17, 15) is 9.59 Å². The van der Waals surface area contributed by atoms with E-state index < -0.39 is 17.9 Å². The van der Waals surface area contributed by atoms with E-state index in [2.05, 4.69) is 10.9 Å². The van der Waals surface area contributed by atoms with Gasteiger partial charge in [-0.3, -0.25) is 20.4 Å². The van der Waals surface area contributed by atoms with Crippen molar-refractivity contribution in [2.45, 2.75) is 26.9 Å². The van der Waals surface area contributed by atoms with Crippen LogP contribution in [0.1, 0.15) is 28.4 Å². The fourth-order valence-electron chi connectivity index (χ4n) is 2.08. The van der Waals surface area contributed by atoms with Gasteiger partial charge in [-0.1, -0.05) is 6.07 Å². The van der Waals surface area contributed by atoms with Crippen LogP contribution in [0, 0.1) is 13.8 Å². The Labute approximate surface area is 147 Å². The number of rotatable bonds is 5. The van der Waals surface area contributed by atoms with E-state index in [4.69, 9.17) is 9.47 Å². The largest absolute Gasteiger partial charge is 0.497 e. The minimum absolute atomic E-state index is 0.406. The van der Waals surface area contributed by atoms with Gasteiger partial charge in [0.05, 0.1) is 7.11 Å². The molecule has 0 aromatic heterocycles. The van der Waals surface area contributed by atoms with Gasteiger partial charge in [0, 0.05) is 5.56 Å². The summed E-state index contributed by atoms with van der Waals surface area (Å²) in [4.78, 5) is 24.1. The number of benzene rings is 2. The first-order chi connectivity index (χ1) is 11.9. The van der Waals surface area contributed by atoms with Gasteiger partial charge >= 0.3 is 0 Å². The third-order valence-corrected chi connectivity index (χ3v) is 3.81. The monoisotopic (exact) mass is 342 g/mol. The molecular formula is C19H22N2O4. The van der Waals surface area contributed by atoms with Crippen LogP contribution < -0.4 is 20.3 Å². The third kappa shape index (κ3) is 4.97. The Morgan fingerprint density at radius 3 is 2.16 bits per heavy atom. The van der Waals surface area contributed by atoms with Crippen molar-refractivity contribution < 1.29 is 19.1 Å². The van der Waals surface area contributed by atoms with Crippen LogP contribution in [0.15, 0.2) is 42.5 Å². The van der Waals surface area contributed by atoms with Crippen LogP contribution in [0.4, 0.5) is 0 Å². The highest BCUT2D eigenvalue weighted by molar-refractivity contribution is 5.95. The maximum absolute atomic E-state index is 12.1. The molecule has 0 fully saturated rings. The van der Waals surface area contributed by atoms with Crippen molar-refractivity contribution in [3.05, 3.63) is 59.2 Å². The van der Waals surface area contributed by atoms with Crippen LogP contribution in [0.3, 0.4) is 0 Å². The van der Waals surface area contributed by atoms with E-state index in [0.717, 1.165) is 11.1 Å². The quantitative estimate of drug-likeness (QED) is 0.819. The minimum Gasteiger partial charge on any atom is -0.497 e. The standard InChI is InChI=1S/C19H22N2O4/c1-12-5-8-17(11-13(12)2)25-14(3)18(22)20-21-19(23)15-6-9-16(24-4)10-7-15/h5-11,14H,1-4H3,(H,20,22)(H,21,23). The molecule has 0 aliphatic rings. The number of methoxy groups -OCH3 is 1. The van der Waals surface area contributed by atoms with Gasteiger partial charge in [-0.05, 0) is 68.3 Å². The van der Waals surface area contributed by atoms with Crippen LogP contribution in [0.5, 0.6) is 11.5 Å². The Hall–Kier alpha value is -3.02. The summed E-state index contributed by atoms with van der Waals surface area (Å²) < 4.78 is 10.6. The Balaban J connectivity index is 1.87. The maximum Gasteiger partial charge on any atom is 0.279 e. The molecule has 6 nitrogen and oxygen atoms in total. The number of carbonyl (C=O) groups is 2. The first-order valence-corrected chi connectivity index (χ1v) is 7.89. The Bertz CT molecular complexity index is 757. The second-order valence-corrected chi connectivity index (χ2v) is 5.68. The first kappa shape index (κ1) is 18.3. The van der Waals surface area contributed by atoms with Crippen molar-refractivity contribution in [1.29, 1.82) is 0 Å². The lowest BCUT2D eigenvalue weighted by atomic mass is 10.1. The molecule has 2 amide bonds. The summed E-state index contributed by atoms with van der Waals surface area (Å²) in [5, 5.41) is 0. The lowest BCUT2D eigenvalue weighted by Gasteiger charge is -2.16. The molecular weight excluding hydrogens is 320 g/mol. The van der Waals surface area contributed by atoms with Crippen LogP contribution in [-0.2, 0) is 4.79 Å². The number of aryl methyl sites for hydroxylation is 2. The SMILES string of the molecule is COc1ccc(C(=O)NNC(=O)C(C)Oc2ccc(C)c(C)c2)cc1. The fraction of sp³-hybridized carbons (Fsp3) is 0.263. The Morgan fingerprint density at radius 2 is 1.56 bits per heavy atom. The number of amides is 2. The molecule has 2 rings (SSSR count). The van der Waals surface area contributed by atoms with E-state index in [1.54, 1.807) is 38.3 Å². The lowest BCUT2D eigenvalue weighted by Crippen LogP contribution is -2.47. The highest BCUT2D eigenvalue weighted by Gasteiger charge is 2.16. The Kier molecular flexibility index (Phi) is 6.00. The zero-order chi connectivity index (χ0) is 18.4. The molecule has 0 heterocycles. The van der Waals surface area contributed by atoms with E-state index in [1.807, 2.05) is 32.0 Å². The van der Waals surface area contributed by atoms with Gasteiger partial charge < -0.3 is 9.47 Å². The van der Waals surface area contributed by atoms with E-state index in [1.165, 1.54) is 0 Å². The first-order valence-electron chi connectivity index (χ1n) is 7.89. The maximum atomic E-state index is 12.1. The predicted octanol–water partition coefficient (Wildman–Crippen LogP) is 2.54. The minimum atomic E-state index is -0.752. The van der Waals surface area contributed by atoms with Gasteiger partial charge in [-0.25, -0.2) is 0 Å². The smallest absolute Gasteiger partial charge is 0.279 e. The Morgan fingerprint density at radius 1 is 0.920 bits per heavy atom. The molecule has 1 unspecified atom stereocenters. The number of hydrazine groups is 1. The molecule has 2 aromatic rings. The molecule has 132 valence electrons. The second-order valence-electron chi connectivity index (χ2n) is 5.68. The molecule has 2 N–H and O–H groups in total. The van der Waals surface area contributed by atoms with Crippen molar-refractivity contribution in [1.82, 2.24) is 10.9 Å². The third-order valence-electron chi connectivity index (χ3n) is 3.81. The van der Waals surface area contributed by atoms with Gasteiger partial charge in [0.2, 0.25) is 0 Å². The van der Waals surface area contributed by atoms with Crippen molar-refractivity contribution in [3.63, 3.8) is 0 Å². The van der Waals surface area contributed by atoms with Crippen molar-refractivity contribution >= 4 is 11.8 Å². The van der Waals surface area contributed by atoms with Gasteiger partial charge in [0.25, 0.3) is 11.8 Å².